The van der Waals surface area contributed by atoms with Gasteiger partial charge in [0.05, 0.1) is 17.1 Å². The zero-order chi connectivity index (χ0) is 13.9. The normalized spacial score (nSPS) is 10.9. The molecule has 0 saturated heterocycles. The van der Waals surface area contributed by atoms with Gasteiger partial charge in [0.15, 0.2) is 0 Å². The molecule has 104 valence electrons. The molecule has 6 nitrogen and oxygen atoms in total. The van der Waals surface area contributed by atoms with Crippen LogP contribution in [0.2, 0.25) is 0 Å². The van der Waals surface area contributed by atoms with Gasteiger partial charge in [-0.3, -0.25) is 4.68 Å². The molecule has 20 heavy (non-hydrogen) atoms. The average Bonchev–Trinajstić information content (AvgIpc) is 3.15. The zero-order valence-corrected chi connectivity index (χ0v) is 12.1. The quantitative estimate of drug-likeness (QED) is 0.782. The number of hydrogen-bond acceptors (Lipinski definition) is 6. The lowest BCUT2D eigenvalue weighted by Crippen LogP contribution is -2.07. The first-order valence-electron chi connectivity index (χ1n) is 6.40. The molecule has 0 radical (unpaired) electrons. The zero-order valence-electron chi connectivity index (χ0n) is 11.3. The molecule has 3 rings (SSSR count). The maximum absolute atomic E-state index is 5.63. The molecule has 3 heterocycles. The highest BCUT2D eigenvalue weighted by molar-refractivity contribution is 7.13. The highest BCUT2D eigenvalue weighted by Gasteiger charge is 2.12. The summed E-state index contributed by atoms with van der Waals surface area (Å²) < 4.78 is 7.55. The Bertz CT molecular complexity index is 699. The Morgan fingerprint density at radius 2 is 2.25 bits per heavy atom. The minimum Gasteiger partial charge on any atom is -0.402 e. The van der Waals surface area contributed by atoms with Crippen LogP contribution in [0.15, 0.2) is 28.1 Å². The highest BCUT2D eigenvalue weighted by atomic mass is 32.1. The molecule has 0 aliphatic rings. The Labute approximate surface area is 120 Å². The van der Waals surface area contributed by atoms with Crippen LogP contribution < -0.4 is 5.32 Å². The highest BCUT2D eigenvalue weighted by Crippen LogP contribution is 2.28. The number of thiophene rings is 1. The third-order valence-corrected chi connectivity index (χ3v) is 4.01. The molecule has 0 bridgehead atoms. The summed E-state index contributed by atoms with van der Waals surface area (Å²) in [5, 5.41) is 17.4. The summed E-state index contributed by atoms with van der Waals surface area (Å²) >= 11 is 1.60. The number of rotatable bonds is 5. The van der Waals surface area contributed by atoms with E-state index >= 15 is 0 Å². The van der Waals surface area contributed by atoms with Crippen LogP contribution in [0.25, 0.3) is 10.8 Å². The molecule has 0 fully saturated rings. The van der Waals surface area contributed by atoms with Crippen molar-refractivity contribution in [1.29, 1.82) is 0 Å². The Balaban J connectivity index is 1.70. The molecule has 3 aromatic rings. The Morgan fingerprint density at radius 1 is 1.35 bits per heavy atom. The monoisotopic (exact) mass is 289 g/mol. The van der Waals surface area contributed by atoms with Crippen molar-refractivity contribution < 1.29 is 4.42 Å². The summed E-state index contributed by atoms with van der Waals surface area (Å²) in [5.74, 6) is 0.559. The van der Waals surface area contributed by atoms with Crippen molar-refractivity contribution in [2.45, 2.75) is 26.9 Å². The fourth-order valence-corrected chi connectivity index (χ4v) is 2.78. The second kappa shape index (κ2) is 5.46. The fraction of sp³-hybridized carbons (Fsp3) is 0.308. The predicted molar refractivity (Wildman–Crippen MR) is 77.6 cm³/mol. The van der Waals surface area contributed by atoms with Crippen LogP contribution in [-0.2, 0) is 13.1 Å². The summed E-state index contributed by atoms with van der Waals surface area (Å²) in [6.45, 7) is 5.54. The van der Waals surface area contributed by atoms with Crippen LogP contribution in [-0.4, -0.2) is 20.0 Å². The van der Waals surface area contributed by atoms with Crippen molar-refractivity contribution in [2.24, 2.45) is 0 Å². The molecular weight excluding hydrogens is 274 g/mol. The first-order valence-corrected chi connectivity index (χ1v) is 7.28. The maximum Gasteiger partial charge on any atom is 0.316 e. The van der Waals surface area contributed by atoms with Crippen molar-refractivity contribution in [3.05, 3.63) is 35.0 Å². The van der Waals surface area contributed by atoms with E-state index in [0.717, 1.165) is 22.7 Å². The van der Waals surface area contributed by atoms with Crippen LogP contribution in [0, 0.1) is 6.92 Å². The van der Waals surface area contributed by atoms with E-state index < -0.39 is 0 Å². The molecule has 0 aliphatic carbocycles. The summed E-state index contributed by atoms with van der Waals surface area (Å²) in [5.41, 5.74) is 2.23. The Kier molecular flexibility index (Phi) is 3.51. The second-order valence-corrected chi connectivity index (χ2v) is 5.25. The van der Waals surface area contributed by atoms with E-state index in [1.54, 1.807) is 17.5 Å². The summed E-state index contributed by atoms with van der Waals surface area (Å²) in [6.07, 6.45) is 1.79. The second-order valence-electron chi connectivity index (χ2n) is 4.34. The van der Waals surface area contributed by atoms with Gasteiger partial charge in [-0.05, 0) is 36.9 Å². The summed E-state index contributed by atoms with van der Waals surface area (Å²) in [4.78, 5) is 1.02. The first-order chi connectivity index (χ1) is 9.78. The predicted octanol–water partition coefficient (Wildman–Crippen LogP) is 2.94. The minimum absolute atomic E-state index is 0.427. The number of nitrogens with one attached hydrogen (secondary N) is 1. The van der Waals surface area contributed by atoms with Crippen LogP contribution in [0.5, 0.6) is 0 Å². The lowest BCUT2D eigenvalue weighted by molar-refractivity contribution is 0.575. The summed E-state index contributed by atoms with van der Waals surface area (Å²) in [6, 6.07) is 4.44. The SMILES string of the molecule is CCn1nccc1CNc1nnc(-c2sccc2C)o1. The fourth-order valence-electron chi connectivity index (χ4n) is 1.94. The molecule has 0 aromatic carbocycles. The van der Waals surface area contributed by atoms with E-state index in [-0.39, 0.29) is 0 Å². The van der Waals surface area contributed by atoms with Gasteiger partial charge in [0.25, 0.3) is 5.89 Å². The van der Waals surface area contributed by atoms with Gasteiger partial charge in [-0.15, -0.1) is 16.4 Å². The van der Waals surface area contributed by atoms with Gasteiger partial charge in [0.1, 0.15) is 0 Å². The Morgan fingerprint density at radius 3 is 3.00 bits per heavy atom. The van der Waals surface area contributed by atoms with Crippen molar-refractivity contribution in [1.82, 2.24) is 20.0 Å². The van der Waals surface area contributed by atoms with Crippen LogP contribution in [0.4, 0.5) is 6.01 Å². The lowest BCUT2D eigenvalue weighted by atomic mass is 10.3. The molecule has 3 aromatic heterocycles. The molecule has 1 N–H and O–H groups in total. The number of anilines is 1. The van der Waals surface area contributed by atoms with Gasteiger partial charge in [0, 0.05) is 12.7 Å². The van der Waals surface area contributed by atoms with Crippen molar-refractivity contribution >= 4 is 17.4 Å². The van der Waals surface area contributed by atoms with E-state index in [2.05, 4.69) is 27.5 Å². The third-order valence-electron chi connectivity index (χ3n) is 3.01. The van der Waals surface area contributed by atoms with Gasteiger partial charge in [0.2, 0.25) is 0 Å². The van der Waals surface area contributed by atoms with Crippen molar-refractivity contribution in [3.8, 4) is 10.8 Å². The van der Waals surface area contributed by atoms with Crippen molar-refractivity contribution in [3.63, 3.8) is 0 Å². The first kappa shape index (κ1) is 12.9. The molecule has 0 atom stereocenters. The van der Waals surface area contributed by atoms with E-state index in [1.807, 2.05) is 29.1 Å². The standard InChI is InChI=1S/C13H15N5OS/c1-3-18-10(4-6-15-18)8-14-13-17-16-12(19-13)11-9(2)5-7-20-11/h4-7H,3,8H2,1-2H3,(H,14,17). The van der Waals surface area contributed by atoms with E-state index in [1.165, 1.54) is 0 Å². The van der Waals surface area contributed by atoms with Crippen LogP contribution in [0.3, 0.4) is 0 Å². The van der Waals surface area contributed by atoms with Crippen molar-refractivity contribution in [2.75, 3.05) is 5.32 Å². The van der Waals surface area contributed by atoms with Crippen LogP contribution >= 0.6 is 11.3 Å². The van der Waals surface area contributed by atoms with E-state index in [0.29, 0.717) is 18.5 Å². The van der Waals surface area contributed by atoms with E-state index in [4.69, 9.17) is 4.42 Å². The van der Waals surface area contributed by atoms with E-state index in [9.17, 15) is 0 Å². The van der Waals surface area contributed by atoms with Gasteiger partial charge in [-0.25, -0.2) is 0 Å². The number of nitrogens with zero attached hydrogens (tertiary/aromatic N) is 4. The number of aryl methyl sites for hydroxylation is 2. The van der Waals surface area contributed by atoms with Gasteiger partial charge >= 0.3 is 6.01 Å². The minimum atomic E-state index is 0.427. The lowest BCUT2D eigenvalue weighted by Gasteiger charge is -2.04. The largest absolute Gasteiger partial charge is 0.402 e. The molecule has 7 heteroatoms. The smallest absolute Gasteiger partial charge is 0.316 e. The third kappa shape index (κ3) is 2.44. The molecule has 0 aliphatic heterocycles. The average molecular weight is 289 g/mol. The Hall–Kier alpha value is -2.15. The number of hydrogen-bond donors (Lipinski definition) is 1. The maximum atomic E-state index is 5.63. The summed E-state index contributed by atoms with van der Waals surface area (Å²) in [7, 11) is 0. The van der Waals surface area contributed by atoms with Crippen LogP contribution in [0.1, 0.15) is 18.2 Å². The van der Waals surface area contributed by atoms with Gasteiger partial charge in [-0.1, -0.05) is 5.10 Å². The molecule has 0 unspecified atom stereocenters. The molecule has 0 amide bonds. The molecular formula is C13H15N5OS. The number of aromatic nitrogens is 4. The molecule has 0 spiro atoms. The van der Waals surface area contributed by atoms with Gasteiger partial charge in [-0.2, -0.15) is 5.10 Å². The topological polar surface area (TPSA) is 68.8 Å². The molecule has 0 saturated carbocycles. The van der Waals surface area contributed by atoms with Gasteiger partial charge < -0.3 is 9.73 Å².